The average Bonchev–Trinajstić information content (AvgIpc) is 2.53. The van der Waals surface area contributed by atoms with Gasteiger partial charge in [-0.3, -0.25) is 9.69 Å². The van der Waals surface area contributed by atoms with Gasteiger partial charge in [0, 0.05) is 10.9 Å². The Labute approximate surface area is 82.2 Å². The summed E-state index contributed by atoms with van der Waals surface area (Å²) in [6.45, 7) is 2.37. The number of hydrogen-bond acceptors (Lipinski definition) is 3. The molecule has 1 aromatic heterocycles. The Hall–Kier alpha value is -0.870. The van der Waals surface area contributed by atoms with Gasteiger partial charge in [0.05, 0.1) is 6.54 Å². The first kappa shape index (κ1) is 10.2. The van der Waals surface area contributed by atoms with Gasteiger partial charge in [0.1, 0.15) is 0 Å². The summed E-state index contributed by atoms with van der Waals surface area (Å²) in [6.07, 6.45) is 0. The number of primary amides is 1. The number of rotatable bonds is 4. The molecule has 13 heavy (non-hydrogen) atoms. The molecule has 0 bridgehead atoms. The van der Waals surface area contributed by atoms with Crippen LogP contribution in [-0.2, 0) is 4.79 Å². The highest BCUT2D eigenvalue weighted by Crippen LogP contribution is 2.22. The van der Waals surface area contributed by atoms with E-state index in [-0.39, 0.29) is 11.9 Å². The van der Waals surface area contributed by atoms with Gasteiger partial charge in [0.25, 0.3) is 0 Å². The van der Waals surface area contributed by atoms with Gasteiger partial charge in [-0.25, -0.2) is 0 Å². The lowest BCUT2D eigenvalue weighted by Gasteiger charge is -2.21. The summed E-state index contributed by atoms with van der Waals surface area (Å²) in [5.74, 6) is -0.286. The van der Waals surface area contributed by atoms with Crippen molar-refractivity contribution in [2.75, 3.05) is 13.6 Å². The van der Waals surface area contributed by atoms with E-state index in [1.54, 1.807) is 11.3 Å². The van der Waals surface area contributed by atoms with Gasteiger partial charge in [-0.2, -0.15) is 0 Å². The van der Waals surface area contributed by atoms with E-state index in [0.717, 1.165) is 0 Å². The Morgan fingerprint density at radius 3 is 2.92 bits per heavy atom. The molecule has 1 aromatic rings. The molecule has 0 unspecified atom stereocenters. The van der Waals surface area contributed by atoms with Gasteiger partial charge < -0.3 is 5.73 Å². The molecule has 3 nitrogen and oxygen atoms in total. The average molecular weight is 198 g/mol. The molecule has 2 N–H and O–H groups in total. The smallest absolute Gasteiger partial charge is 0.231 e. The molecular weight excluding hydrogens is 184 g/mol. The minimum Gasteiger partial charge on any atom is -0.369 e. The second-order valence-corrected chi connectivity index (χ2v) is 4.05. The van der Waals surface area contributed by atoms with E-state index in [9.17, 15) is 4.79 Å². The molecule has 0 aliphatic rings. The number of carbonyl (C=O) groups excluding carboxylic acids is 1. The van der Waals surface area contributed by atoms with Crippen molar-refractivity contribution in [2.24, 2.45) is 5.73 Å². The van der Waals surface area contributed by atoms with Crippen molar-refractivity contribution in [1.82, 2.24) is 4.90 Å². The molecule has 1 heterocycles. The fraction of sp³-hybridized carbons (Fsp3) is 0.444. The molecule has 0 aliphatic heterocycles. The molecule has 1 amide bonds. The van der Waals surface area contributed by atoms with Crippen LogP contribution >= 0.6 is 11.3 Å². The summed E-state index contributed by atoms with van der Waals surface area (Å²) < 4.78 is 0. The maximum Gasteiger partial charge on any atom is 0.231 e. The van der Waals surface area contributed by atoms with Gasteiger partial charge in [0.15, 0.2) is 0 Å². The lowest BCUT2D eigenvalue weighted by molar-refractivity contribution is -0.119. The van der Waals surface area contributed by atoms with Crippen molar-refractivity contribution in [2.45, 2.75) is 13.0 Å². The standard InChI is InChI=1S/C9H14N2OS/c1-7(8-4-3-5-13-8)11(2)6-9(10)12/h3-5,7H,6H2,1-2H3,(H2,10,12)/t7-/m1/s1. The minimum atomic E-state index is -0.286. The Kier molecular flexibility index (Phi) is 3.45. The summed E-state index contributed by atoms with van der Waals surface area (Å²) in [6, 6.07) is 4.33. The molecule has 4 heteroatoms. The highest BCUT2D eigenvalue weighted by molar-refractivity contribution is 7.10. The molecule has 0 aromatic carbocycles. The van der Waals surface area contributed by atoms with Crippen LogP contribution < -0.4 is 5.73 Å². The maximum atomic E-state index is 10.7. The monoisotopic (exact) mass is 198 g/mol. The van der Waals surface area contributed by atoms with Crippen LogP contribution in [0.1, 0.15) is 17.8 Å². The number of carbonyl (C=O) groups is 1. The summed E-state index contributed by atoms with van der Waals surface area (Å²) in [4.78, 5) is 13.9. The first-order valence-electron chi connectivity index (χ1n) is 4.13. The van der Waals surface area contributed by atoms with E-state index in [1.165, 1.54) is 4.88 Å². The van der Waals surface area contributed by atoms with Crippen LogP contribution in [0, 0.1) is 0 Å². The third-order valence-corrected chi connectivity index (χ3v) is 3.06. The molecular formula is C9H14N2OS. The largest absolute Gasteiger partial charge is 0.369 e. The topological polar surface area (TPSA) is 46.3 Å². The molecule has 0 aliphatic carbocycles. The van der Waals surface area contributed by atoms with Gasteiger partial charge in [-0.05, 0) is 25.4 Å². The molecule has 1 atom stereocenters. The van der Waals surface area contributed by atoms with Gasteiger partial charge >= 0.3 is 0 Å². The van der Waals surface area contributed by atoms with E-state index in [2.05, 4.69) is 13.0 Å². The number of thiophene rings is 1. The second-order valence-electron chi connectivity index (χ2n) is 3.07. The van der Waals surface area contributed by atoms with Crippen molar-refractivity contribution in [3.8, 4) is 0 Å². The zero-order chi connectivity index (χ0) is 9.84. The van der Waals surface area contributed by atoms with Crippen LogP contribution in [0.5, 0.6) is 0 Å². The second kappa shape index (κ2) is 4.39. The van der Waals surface area contributed by atoms with Crippen LogP contribution in [-0.4, -0.2) is 24.4 Å². The first-order chi connectivity index (χ1) is 6.11. The molecule has 72 valence electrons. The Morgan fingerprint density at radius 1 is 1.77 bits per heavy atom. The van der Waals surface area contributed by atoms with Crippen LogP contribution in [0.2, 0.25) is 0 Å². The van der Waals surface area contributed by atoms with Gasteiger partial charge in [0.2, 0.25) is 5.91 Å². The van der Waals surface area contributed by atoms with Crippen LogP contribution in [0.4, 0.5) is 0 Å². The minimum absolute atomic E-state index is 0.257. The third kappa shape index (κ3) is 2.82. The number of nitrogens with zero attached hydrogens (tertiary/aromatic N) is 1. The third-order valence-electron chi connectivity index (χ3n) is 2.02. The van der Waals surface area contributed by atoms with Gasteiger partial charge in [-0.1, -0.05) is 6.07 Å². The van der Waals surface area contributed by atoms with Gasteiger partial charge in [-0.15, -0.1) is 11.3 Å². The quantitative estimate of drug-likeness (QED) is 0.791. The molecule has 0 radical (unpaired) electrons. The van der Waals surface area contributed by atoms with E-state index in [0.29, 0.717) is 6.54 Å². The predicted octanol–water partition coefficient (Wildman–Crippen LogP) is 1.23. The number of likely N-dealkylation sites (N-methyl/N-ethyl adjacent to an activating group) is 1. The first-order valence-corrected chi connectivity index (χ1v) is 5.01. The van der Waals surface area contributed by atoms with Crippen molar-refractivity contribution >= 4 is 17.2 Å². The van der Waals surface area contributed by atoms with Crippen molar-refractivity contribution in [3.05, 3.63) is 22.4 Å². The van der Waals surface area contributed by atoms with Crippen LogP contribution in [0.15, 0.2) is 17.5 Å². The van der Waals surface area contributed by atoms with E-state index in [4.69, 9.17) is 5.73 Å². The number of amides is 1. The zero-order valence-electron chi connectivity index (χ0n) is 7.86. The summed E-state index contributed by atoms with van der Waals surface area (Å²) >= 11 is 1.69. The SMILES string of the molecule is C[C@H](c1cccs1)N(C)CC(N)=O. The fourth-order valence-corrected chi connectivity index (χ4v) is 1.98. The van der Waals surface area contributed by atoms with Crippen molar-refractivity contribution < 1.29 is 4.79 Å². The predicted molar refractivity (Wildman–Crippen MR) is 54.6 cm³/mol. The normalized spacial score (nSPS) is 13.2. The van der Waals surface area contributed by atoms with Crippen molar-refractivity contribution in [1.29, 1.82) is 0 Å². The van der Waals surface area contributed by atoms with Crippen molar-refractivity contribution in [3.63, 3.8) is 0 Å². The highest BCUT2D eigenvalue weighted by Gasteiger charge is 2.13. The molecule has 0 fully saturated rings. The summed E-state index contributed by atoms with van der Waals surface area (Å²) in [5, 5.41) is 2.03. The van der Waals surface area contributed by atoms with Crippen LogP contribution in [0.3, 0.4) is 0 Å². The summed E-state index contributed by atoms with van der Waals surface area (Å²) in [5.41, 5.74) is 5.11. The lowest BCUT2D eigenvalue weighted by atomic mass is 10.2. The number of nitrogens with two attached hydrogens (primary N) is 1. The molecule has 0 saturated carbocycles. The molecule has 0 saturated heterocycles. The van der Waals surface area contributed by atoms with E-state index >= 15 is 0 Å². The van der Waals surface area contributed by atoms with Crippen LogP contribution in [0.25, 0.3) is 0 Å². The molecule has 1 rings (SSSR count). The van der Waals surface area contributed by atoms with E-state index in [1.807, 2.05) is 23.4 Å². The Bertz CT molecular complexity index is 271. The Morgan fingerprint density at radius 2 is 2.46 bits per heavy atom. The Balaban J connectivity index is 2.57. The fourth-order valence-electron chi connectivity index (χ4n) is 1.13. The highest BCUT2D eigenvalue weighted by atomic mass is 32.1. The zero-order valence-corrected chi connectivity index (χ0v) is 8.67. The lowest BCUT2D eigenvalue weighted by Crippen LogP contribution is -2.32. The number of hydrogen-bond donors (Lipinski definition) is 1. The maximum absolute atomic E-state index is 10.7. The summed E-state index contributed by atoms with van der Waals surface area (Å²) in [7, 11) is 1.90. The molecule has 0 spiro atoms. The van der Waals surface area contributed by atoms with E-state index < -0.39 is 0 Å².